The van der Waals surface area contributed by atoms with Crippen LogP contribution >= 0.6 is 0 Å². The molecule has 156 valence electrons. The van der Waals surface area contributed by atoms with E-state index in [2.05, 4.69) is 35.0 Å². The van der Waals surface area contributed by atoms with Crippen molar-refractivity contribution in [1.29, 1.82) is 0 Å². The minimum Gasteiger partial charge on any atom is -0.493 e. The summed E-state index contributed by atoms with van der Waals surface area (Å²) < 4.78 is 25.3. The zero-order valence-electron chi connectivity index (χ0n) is 17.9. The van der Waals surface area contributed by atoms with Crippen LogP contribution in [0.2, 0.25) is 0 Å². The van der Waals surface area contributed by atoms with E-state index in [9.17, 15) is 0 Å². The van der Waals surface area contributed by atoms with Gasteiger partial charge in [-0.05, 0) is 54.0 Å². The molecule has 0 radical (unpaired) electrons. The van der Waals surface area contributed by atoms with Crippen molar-refractivity contribution < 1.29 is 23.5 Å². The molecule has 1 aliphatic heterocycles. The fourth-order valence-electron chi connectivity index (χ4n) is 4.50. The number of fused-ring (bicyclic) bond motifs is 4. The number of benzene rings is 2. The van der Waals surface area contributed by atoms with Crippen LogP contribution in [0, 0.1) is 5.92 Å². The van der Waals surface area contributed by atoms with E-state index in [-0.39, 0.29) is 0 Å². The molecule has 2 aromatic carbocycles. The van der Waals surface area contributed by atoms with Crippen molar-refractivity contribution in [3.63, 3.8) is 0 Å². The smallest absolute Gasteiger partial charge is 0.213 e. The Morgan fingerprint density at radius 2 is 1.70 bits per heavy atom. The molecule has 1 aromatic heterocycles. The Hall–Kier alpha value is -2.95. The van der Waals surface area contributed by atoms with Gasteiger partial charge in [0.05, 0.1) is 38.9 Å². The van der Waals surface area contributed by atoms with Crippen molar-refractivity contribution >= 4 is 10.8 Å². The summed E-state index contributed by atoms with van der Waals surface area (Å²) in [4.78, 5) is 0. The van der Waals surface area contributed by atoms with Crippen LogP contribution < -0.4 is 23.5 Å². The highest BCUT2D eigenvalue weighted by Gasteiger charge is 2.27. The van der Waals surface area contributed by atoms with Gasteiger partial charge < -0.3 is 18.9 Å². The van der Waals surface area contributed by atoms with Gasteiger partial charge in [-0.3, -0.25) is 0 Å². The van der Waals surface area contributed by atoms with E-state index in [1.165, 1.54) is 36.1 Å². The summed E-state index contributed by atoms with van der Waals surface area (Å²) in [5.41, 5.74) is 3.65. The van der Waals surface area contributed by atoms with Crippen molar-refractivity contribution in [3.05, 3.63) is 42.1 Å². The molecule has 0 N–H and O–H groups in total. The van der Waals surface area contributed by atoms with E-state index in [4.69, 9.17) is 18.9 Å². The van der Waals surface area contributed by atoms with Crippen LogP contribution in [0.15, 0.2) is 36.5 Å². The Bertz CT molecular complexity index is 1100. The van der Waals surface area contributed by atoms with Gasteiger partial charge in [-0.15, -0.1) is 0 Å². The van der Waals surface area contributed by atoms with E-state index < -0.39 is 0 Å². The topological polar surface area (TPSA) is 40.8 Å². The Balaban J connectivity index is 1.62. The number of hydrogen-bond donors (Lipinski definition) is 0. The summed E-state index contributed by atoms with van der Waals surface area (Å²) >= 11 is 0. The fraction of sp³-hybridized carbons (Fsp3) is 0.400. The highest BCUT2D eigenvalue weighted by molar-refractivity contribution is 5.91. The Morgan fingerprint density at radius 3 is 2.40 bits per heavy atom. The van der Waals surface area contributed by atoms with E-state index in [0.717, 1.165) is 53.3 Å². The quantitative estimate of drug-likeness (QED) is 0.563. The van der Waals surface area contributed by atoms with E-state index in [1.54, 1.807) is 21.3 Å². The van der Waals surface area contributed by atoms with Crippen molar-refractivity contribution in [2.45, 2.75) is 32.2 Å². The van der Waals surface area contributed by atoms with Gasteiger partial charge in [-0.1, -0.05) is 6.42 Å². The van der Waals surface area contributed by atoms with Gasteiger partial charge >= 0.3 is 0 Å². The van der Waals surface area contributed by atoms with Crippen molar-refractivity contribution in [2.75, 3.05) is 27.9 Å². The molecule has 0 bridgehead atoms. The molecule has 0 spiro atoms. The van der Waals surface area contributed by atoms with E-state index >= 15 is 0 Å². The third kappa shape index (κ3) is 3.13. The van der Waals surface area contributed by atoms with Gasteiger partial charge in [-0.25, -0.2) is 0 Å². The van der Waals surface area contributed by atoms with E-state index in [1.807, 2.05) is 6.07 Å². The third-order valence-electron chi connectivity index (χ3n) is 6.50. The van der Waals surface area contributed by atoms with Gasteiger partial charge in [0.15, 0.2) is 35.7 Å². The molecule has 5 nitrogen and oxygen atoms in total. The molecule has 30 heavy (non-hydrogen) atoms. The number of hydrogen-bond acceptors (Lipinski definition) is 4. The summed E-state index contributed by atoms with van der Waals surface area (Å²) in [6.07, 6.45) is 7.00. The minimum atomic E-state index is 0.671. The first kappa shape index (κ1) is 19.0. The summed E-state index contributed by atoms with van der Waals surface area (Å²) in [6, 6.07) is 10.6. The van der Waals surface area contributed by atoms with Crippen molar-refractivity contribution in [3.8, 4) is 34.3 Å². The highest BCUT2D eigenvalue weighted by atomic mass is 16.5. The molecule has 2 aliphatic rings. The number of aryl methyl sites for hydroxylation is 2. The van der Waals surface area contributed by atoms with Gasteiger partial charge in [0.2, 0.25) is 5.69 Å². The molecule has 1 aliphatic carbocycles. The van der Waals surface area contributed by atoms with Crippen LogP contribution in [0.5, 0.6) is 23.0 Å². The summed E-state index contributed by atoms with van der Waals surface area (Å²) in [6.45, 7) is 1.67. The van der Waals surface area contributed by atoms with Gasteiger partial charge in [0.1, 0.15) is 0 Å². The molecule has 0 unspecified atom stereocenters. The largest absolute Gasteiger partial charge is 0.493 e. The predicted octanol–water partition coefficient (Wildman–Crippen LogP) is 4.56. The molecule has 3 aromatic rings. The number of aromatic nitrogens is 1. The lowest BCUT2D eigenvalue weighted by molar-refractivity contribution is -0.686. The lowest BCUT2D eigenvalue weighted by Gasteiger charge is -2.26. The summed E-state index contributed by atoms with van der Waals surface area (Å²) in [5, 5.41) is 2.25. The molecule has 1 saturated carbocycles. The lowest BCUT2D eigenvalue weighted by atomic mass is 9.86. The molecule has 0 amide bonds. The van der Waals surface area contributed by atoms with Crippen LogP contribution in [-0.4, -0.2) is 27.9 Å². The standard InChI is InChI=1S/C25H28NO4/c1-27-22-8-7-17-11-21-19-13-24(29-3)23(28-2)12-18(19)9-10-26(21)14-20(17)25(22)30-15-16-5-4-6-16/h7-8,11-14,16H,4-6,9-10,15H2,1-3H3/q+1. The Kier molecular flexibility index (Phi) is 4.89. The van der Waals surface area contributed by atoms with Crippen LogP contribution in [0.4, 0.5) is 0 Å². The Labute approximate surface area is 177 Å². The predicted molar refractivity (Wildman–Crippen MR) is 116 cm³/mol. The van der Waals surface area contributed by atoms with Gasteiger partial charge in [0, 0.05) is 12.5 Å². The zero-order valence-corrected chi connectivity index (χ0v) is 17.9. The zero-order chi connectivity index (χ0) is 20.7. The van der Waals surface area contributed by atoms with E-state index in [0.29, 0.717) is 5.92 Å². The maximum absolute atomic E-state index is 6.30. The average Bonchev–Trinajstić information content (AvgIpc) is 2.75. The molecule has 5 rings (SSSR count). The van der Waals surface area contributed by atoms with Crippen LogP contribution in [-0.2, 0) is 13.0 Å². The normalized spacial score (nSPS) is 15.2. The number of methoxy groups -OCH3 is 3. The highest BCUT2D eigenvalue weighted by Crippen LogP contribution is 2.40. The fourth-order valence-corrected chi connectivity index (χ4v) is 4.50. The molecule has 0 atom stereocenters. The maximum atomic E-state index is 6.30. The first-order valence-electron chi connectivity index (χ1n) is 10.6. The van der Waals surface area contributed by atoms with Gasteiger partial charge in [-0.2, -0.15) is 4.57 Å². The second-order valence-electron chi connectivity index (χ2n) is 8.17. The SMILES string of the molecule is COc1cc2c(cc1OC)-c1cc3ccc(OC)c(OCC4CCC4)c3c[n+]1CC2. The Morgan fingerprint density at radius 1 is 0.933 bits per heavy atom. The molecule has 1 fully saturated rings. The second-order valence-corrected chi connectivity index (χ2v) is 8.17. The van der Waals surface area contributed by atoms with Crippen LogP contribution in [0.3, 0.4) is 0 Å². The van der Waals surface area contributed by atoms with Crippen molar-refractivity contribution in [2.24, 2.45) is 5.92 Å². The number of rotatable bonds is 6. The van der Waals surface area contributed by atoms with Crippen molar-refractivity contribution in [1.82, 2.24) is 0 Å². The monoisotopic (exact) mass is 406 g/mol. The molecular weight excluding hydrogens is 378 g/mol. The van der Waals surface area contributed by atoms with Crippen LogP contribution in [0.25, 0.3) is 22.0 Å². The number of pyridine rings is 1. The average molecular weight is 407 g/mol. The molecule has 0 saturated heterocycles. The lowest BCUT2D eigenvalue weighted by Crippen LogP contribution is -2.40. The minimum absolute atomic E-state index is 0.671. The maximum Gasteiger partial charge on any atom is 0.213 e. The second kappa shape index (κ2) is 7.71. The molecule has 5 heteroatoms. The third-order valence-corrected chi connectivity index (χ3v) is 6.50. The first-order chi connectivity index (χ1) is 14.7. The summed E-state index contributed by atoms with van der Waals surface area (Å²) in [7, 11) is 5.07. The van der Waals surface area contributed by atoms with Gasteiger partial charge in [0.25, 0.3) is 0 Å². The molecule has 2 heterocycles. The number of ether oxygens (including phenoxy) is 4. The molecular formula is C25H28NO4+. The number of nitrogens with zero attached hydrogens (tertiary/aromatic N) is 1. The summed E-state index contributed by atoms with van der Waals surface area (Å²) in [5.74, 6) is 3.86. The van der Waals surface area contributed by atoms with Crippen LogP contribution in [0.1, 0.15) is 24.8 Å². The first-order valence-corrected chi connectivity index (χ1v) is 10.6.